The first-order valence-corrected chi connectivity index (χ1v) is 6.34. The predicted octanol–water partition coefficient (Wildman–Crippen LogP) is 1.26. The lowest BCUT2D eigenvalue weighted by Crippen LogP contribution is -2.35. The summed E-state index contributed by atoms with van der Waals surface area (Å²) in [5.74, 6) is -0.874. The van der Waals surface area contributed by atoms with Crippen molar-refractivity contribution < 1.29 is 14.7 Å². The van der Waals surface area contributed by atoms with Crippen molar-refractivity contribution in [2.45, 2.75) is 31.6 Å². The van der Waals surface area contributed by atoms with Gasteiger partial charge in [0.05, 0.1) is 5.41 Å². The maximum absolute atomic E-state index is 11.5. The minimum absolute atomic E-state index is 0.00297. The predicted molar refractivity (Wildman–Crippen MR) is 72.1 cm³/mol. The van der Waals surface area contributed by atoms with Gasteiger partial charge in [0, 0.05) is 12.1 Å². The molecule has 1 amide bonds. The molecule has 2 rings (SSSR count). The second-order valence-corrected chi connectivity index (χ2v) is 5.10. The fourth-order valence-electron chi connectivity index (χ4n) is 2.39. The molecule has 1 atom stereocenters. The van der Waals surface area contributed by atoms with Gasteiger partial charge in [0.15, 0.2) is 0 Å². The van der Waals surface area contributed by atoms with Gasteiger partial charge < -0.3 is 16.2 Å². The Morgan fingerprint density at radius 3 is 2.84 bits per heavy atom. The van der Waals surface area contributed by atoms with Crippen LogP contribution in [0.15, 0.2) is 18.2 Å². The highest BCUT2D eigenvalue weighted by atomic mass is 16.4. The number of amides is 1. The van der Waals surface area contributed by atoms with Gasteiger partial charge in [-0.2, -0.15) is 0 Å². The highest BCUT2D eigenvalue weighted by Gasteiger charge is 2.35. The number of nitrogens with two attached hydrogens (primary N) is 1. The Labute approximate surface area is 111 Å². The van der Waals surface area contributed by atoms with Gasteiger partial charge in [-0.3, -0.25) is 9.59 Å². The van der Waals surface area contributed by atoms with E-state index in [-0.39, 0.29) is 5.91 Å². The first kappa shape index (κ1) is 13.5. The number of carboxylic acid groups (broad SMARTS) is 1. The molecule has 1 unspecified atom stereocenters. The van der Waals surface area contributed by atoms with Crippen LogP contribution < -0.4 is 11.1 Å². The number of carboxylic acids is 1. The van der Waals surface area contributed by atoms with Crippen molar-refractivity contribution >= 4 is 17.6 Å². The fraction of sp³-hybridized carbons (Fsp3) is 0.429. The largest absolute Gasteiger partial charge is 0.481 e. The Bertz CT molecular complexity index is 527. The Morgan fingerprint density at radius 1 is 1.47 bits per heavy atom. The van der Waals surface area contributed by atoms with E-state index in [1.165, 1.54) is 0 Å². The molecule has 1 aliphatic rings. The zero-order valence-electron chi connectivity index (χ0n) is 10.9. The van der Waals surface area contributed by atoms with Crippen molar-refractivity contribution in [1.29, 1.82) is 0 Å². The fourth-order valence-corrected chi connectivity index (χ4v) is 2.39. The van der Waals surface area contributed by atoms with Crippen LogP contribution in [0.25, 0.3) is 0 Å². The average Bonchev–Trinajstić information content (AvgIpc) is 2.38. The summed E-state index contributed by atoms with van der Waals surface area (Å²) in [6.45, 7) is 2.00. The minimum atomic E-state index is -0.981. The molecule has 0 radical (unpaired) electrons. The quantitative estimate of drug-likeness (QED) is 0.761. The van der Waals surface area contributed by atoms with E-state index in [9.17, 15) is 14.7 Å². The van der Waals surface area contributed by atoms with Crippen LogP contribution in [0.4, 0.5) is 5.69 Å². The highest BCUT2D eigenvalue weighted by molar-refractivity contribution is 5.94. The lowest BCUT2D eigenvalue weighted by molar-refractivity contribution is -0.143. The first-order valence-electron chi connectivity index (χ1n) is 6.34. The smallest absolute Gasteiger partial charge is 0.313 e. The SMILES string of the molecule is CC(CCN)(C(=O)O)c1ccc2c(c1)CCC(=O)N2. The number of carbonyl (C=O) groups excluding carboxylic acids is 1. The summed E-state index contributed by atoms with van der Waals surface area (Å²) in [4.78, 5) is 22.8. The molecule has 0 bridgehead atoms. The van der Waals surface area contributed by atoms with E-state index in [1.54, 1.807) is 19.1 Å². The number of aryl methyl sites for hydroxylation is 1. The Hall–Kier alpha value is -1.88. The van der Waals surface area contributed by atoms with Crippen molar-refractivity contribution in [3.8, 4) is 0 Å². The number of hydrogen-bond acceptors (Lipinski definition) is 3. The third kappa shape index (κ3) is 2.46. The van der Waals surface area contributed by atoms with Gasteiger partial charge in [0.1, 0.15) is 0 Å². The zero-order valence-corrected chi connectivity index (χ0v) is 10.9. The van der Waals surface area contributed by atoms with E-state index in [4.69, 9.17) is 5.73 Å². The lowest BCUT2D eigenvalue weighted by atomic mass is 9.78. The molecule has 4 N–H and O–H groups in total. The number of nitrogens with one attached hydrogen (secondary N) is 1. The molecule has 0 fully saturated rings. The summed E-state index contributed by atoms with van der Waals surface area (Å²) in [5, 5.41) is 12.2. The first-order chi connectivity index (χ1) is 8.97. The molecule has 5 nitrogen and oxygen atoms in total. The van der Waals surface area contributed by atoms with Crippen LogP contribution in [-0.4, -0.2) is 23.5 Å². The molecule has 1 aliphatic heterocycles. The average molecular weight is 262 g/mol. The second kappa shape index (κ2) is 5.01. The van der Waals surface area contributed by atoms with E-state index in [0.29, 0.717) is 25.8 Å². The summed E-state index contributed by atoms with van der Waals surface area (Å²) in [6, 6.07) is 5.41. The van der Waals surface area contributed by atoms with Crippen molar-refractivity contribution in [2.24, 2.45) is 5.73 Å². The van der Waals surface area contributed by atoms with E-state index in [0.717, 1.165) is 16.8 Å². The maximum atomic E-state index is 11.5. The van der Waals surface area contributed by atoms with E-state index in [2.05, 4.69) is 5.32 Å². The summed E-state index contributed by atoms with van der Waals surface area (Å²) in [6.07, 6.45) is 1.47. The van der Waals surface area contributed by atoms with E-state index < -0.39 is 11.4 Å². The maximum Gasteiger partial charge on any atom is 0.313 e. The molecule has 102 valence electrons. The summed E-state index contributed by atoms with van der Waals surface area (Å²) >= 11 is 0. The molecule has 5 heteroatoms. The molecular formula is C14H18N2O3. The summed E-state index contributed by atoms with van der Waals surface area (Å²) in [7, 11) is 0. The molecule has 0 aromatic heterocycles. The standard InChI is InChI=1S/C14H18N2O3/c1-14(6-7-15,13(18)19)10-3-4-11-9(8-10)2-5-12(17)16-11/h3-4,8H,2,5-7,15H2,1H3,(H,16,17)(H,18,19). The molecule has 19 heavy (non-hydrogen) atoms. The Balaban J connectivity index is 2.40. The van der Waals surface area contributed by atoms with Gasteiger partial charge in [-0.15, -0.1) is 0 Å². The van der Waals surface area contributed by atoms with Gasteiger partial charge in [-0.1, -0.05) is 12.1 Å². The van der Waals surface area contributed by atoms with Crippen LogP contribution in [0.2, 0.25) is 0 Å². The molecular weight excluding hydrogens is 244 g/mol. The topological polar surface area (TPSA) is 92.4 Å². The normalized spacial score (nSPS) is 17.3. The van der Waals surface area contributed by atoms with Gasteiger partial charge in [-0.25, -0.2) is 0 Å². The van der Waals surface area contributed by atoms with Gasteiger partial charge in [0.2, 0.25) is 5.91 Å². The van der Waals surface area contributed by atoms with E-state index in [1.807, 2.05) is 6.07 Å². The number of benzene rings is 1. The summed E-state index contributed by atoms with van der Waals surface area (Å²) in [5.41, 5.74) is 7.05. The van der Waals surface area contributed by atoms with Crippen LogP contribution >= 0.6 is 0 Å². The number of fused-ring (bicyclic) bond motifs is 1. The molecule has 1 heterocycles. The zero-order chi connectivity index (χ0) is 14.0. The number of hydrogen-bond donors (Lipinski definition) is 3. The molecule has 1 aromatic carbocycles. The number of anilines is 1. The number of carbonyl (C=O) groups is 2. The van der Waals surface area contributed by atoms with Crippen molar-refractivity contribution in [2.75, 3.05) is 11.9 Å². The number of aliphatic carboxylic acids is 1. The summed E-state index contributed by atoms with van der Waals surface area (Å²) < 4.78 is 0. The van der Waals surface area contributed by atoms with Crippen LogP contribution in [0.1, 0.15) is 30.9 Å². The molecule has 0 saturated carbocycles. The Kier molecular flexibility index (Phi) is 3.57. The molecule has 1 aromatic rings. The Morgan fingerprint density at radius 2 is 2.21 bits per heavy atom. The monoisotopic (exact) mass is 262 g/mol. The van der Waals surface area contributed by atoms with Crippen LogP contribution in [0.3, 0.4) is 0 Å². The minimum Gasteiger partial charge on any atom is -0.481 e. The van der Waals surface area contributed by atoms with Crippen molar-refractivity contribution in [3.05, 3.63) is 29.3 Å². The van der Waals surface area contributed by atoms with Crippen LogP contribution in [0, 0.1) is 0 Å². The third-order valence-corrected chi connectivity index (χ3v) is 3.75. The van der Waals surface area contributed by atoms with Gasteiger partial charge in [-0.05, 0) is 43.5 Å². The molecule has 0 saturated heterocycles. The van der Waals surface area contributed by atoms with Crippen molar-refractivity contribution in [1.82, 2.24) is 0 Å². The van der Waals surface area contributed by atoms with Crippen LogP contribution in [-0.2, 0) is 21.4 Å². The number of rotatable bonds is 4. The lowest BCUT2D eigenvalue weighted by Gasteiger charge is -2.27. The second-order valence-electron chi connectivity index (χ2n) is 5.10. The molecule has 0 aliphatic carbocycles. The van der Waals surface area contributed by atoms with E-state index >= 15 is 0 Å². The molecule has 0 spiro atoms. The van der Waals surface area contributed by atoms with Crippen LogP contribution in [0.5, 0.6) is 0 Å². The third-order valence-electron chi connectivity index (χ3n) is 3.75. The van der Waals surface area contributed by atoms with Gasteiger partial charge >= 0.3 is 5.97 Å². The van der Waals surface area contributed by atoms with Gasteiger partial charge in [0.25, 0.3) is 0 Å². The highest BCUT2D eigenvalue weighted by Crippen LogP contribution is 2.32. The van der Waals surface area contributed by atoms with Crippen molar-refractivity contribution in [3.63, 3.8) is 0 Å².